The molecule has 2 rings (SSSR count). The van der Waals surface area contributed by atoms with E-state index < -0.39 is 0 Å². The van der Waals surface area contributed by atoms with Gasteiger partial charge in [0.2, 0.25) is 0 Å². The molecule has 1 atom stereocenters. The molecule has 1 aliphatic rings. The molecule has 1 aromatic carbocycles. The maximum Gasteiger partial charge on any atom is 0.254 e. The summed E-state index contributed by atoms with van der Waals surface area (Å²) in [6.45, 7) is 11.9. The summed E-state index contributed by atoms with van der Waals surface area (Å²) in [5, 5.41) is 10.4. The molecule has 1 aliphatic heterocycles. The van der Waals surface area contributed by atoms with Crippen LogP contribution in [0.2, 0.25) is 0 Å². The van der Waals surface area contributed by atoms with Crippen LogP contribution >= 0.6 is 0 Å². The van der Waals surface area contributed by atoms with Gasteiger partial charge in [0.1, 0.15) is 5.75 Å². The van der Waals surface area contributed by atoms with Crippen LogP contribution in [0, 0.1) is 0 Å². The van der Waals surface area contributed by atoms with Crippen molar-refractivity contribution in [2.45, 2.75) is 52.6 Å². The van der Waals surface area contributed by atoms with Gasteiger partial charge in [-0.2, -0.15) is 0 Å². The Morgan fingerprint density at radius 3 is 2.23 bits per heavy atom. The van der Waals surface area contributed by atoms with Crippen LogP contribution < -0.4 is 0 Å². The van der Waals surface area contributed by atoms with Gasteiger partial charge in [0, 0.05) is 18.7 Å². The Bertz CT molecular complexity index is 522. The first kappa shape index (κ1) is 16.8. The molecular formula is C18H27NO3. The number of ether oxygens (including phenoxy) is 1. The lowest BCUT2D eigenvalue weighted by Crippen LogP contribution is -2.44. The zero-order chi connectivity index (χ0) is 16.4. The van der Waals surface area contributed by atoms with Gasteiger partial charge < -0.3 is 14.7 Å². The predicted octanol–water partition coefficient (Wildman–Crippen LogP) is 3.50. The summed E-state index contributed by atoms with van der Waals surface area (Å²) in [6, 6.07) is 3.68. The van der Waals surface area contributed by atoms with Gasteiger partial charge in [-0.15, -0.1) is 0 Å². The van der Waals surface area contributed by atoms with Crippen molar-refractivity contribution < 1.29 is 14.6 Å². The second kappa shape index (κ2) is 6.69. The minimum atomic E-state index is 0.0268. The standard InChI is InChI=1S/C18H27NO3/c1-11(2)15-8-14(9-16(12(3)4)17(15)20)18(21)19-6-7-22-13(5)10-19/h8-9,11-13,20H,6-7,10H2,1-5H3/t13-/m1/s1. The van der Waals surface area contributed by atoms with E-state index in [9.17, 15) is 9.90 Å². The Labute approximate surface area is 133 Å². The van der Waals surface area contributed by atoms with Crippen LogP contribution in [0.25, 0.3) is 0 Å². The molecule has 0 saturated carbocycles. The average molecular weight is 305 g/mol. The fraction of sp³-hybridized carbons (Fsp3) is 0.611. The molecule has 0 unspecified atom stereocenters. The van der Waals surface area contributed by atoms with Gasteiger partial charge in [-0.3, -0.25) is 4.79 Å². The zero-order valence-corrected chi connectivity index (χ0v) is 14.2. The van der Waals surface area contributed by atoms with Crippen LogP contribution in [0.1, 0.15) is 67.9 Å². The van der Waals surface area contributed by atoms with Gasteiger partial charge >= 0.3 is 0 Å². The molecule has 0 bridgehead atoms. The van der Waals surface area contributed by atoms with E-state index in [1.807, 2.05) is 51.7 Å². The number of nitrogens with zero attached hydrogens (tertiary/aromatic N) is 1. The monoisotopic (exact) mass is 305 g/mol. The molecule has 0 radical (unpaired) electrons. The lowest BCUT2D eigenvalue weighted by molar-refractivity contribution is -0.0124. The predicted molar refractivity (Wildman–Crippen MR) is 87.6 cm³/mol. The molecule has 0 aliphatic carbocycles. The Kier molecular flexibility index (Phi) is 5.12. The number of hydrogen-bond donors (Lipinski definition) is 1. The van der Waals surface area contributed by atoms with Crippen molar-refractivity contribution in [1.82, 2.24) is 4.90 Å². The number of carbonyl (C=O) groups is 1. The van der Waals surface area contributed by atoms with Crippen LogP contribution in [0.3, 0.4) is 0 Å². The first-order valence-electron chi connectivity index (χ1n) is 8.09. The molecular weight excluding hydrogens is 278 g/mol. The summed E-state index contributed by atoms with van der Waals surface area (Å²) < 4.78 is 5.50. The molecule has 1 N–H and O–H groups in total. The molecule has 4 nitrogen and oxygen atoms in total. The molecule has 1 aromatic rings. The number of amides is 1. The van der Waals surface area contributed by atoms with Gasteiger partial charge in [-0.25, -0.2) is 0 Å². The van der Waals surface area contributed by atoms with Crippen molar-refractivity contribution in [1.29, 1.82) is 0 Å². The summed E-state index contributed by atoms with van der Waals surface area (Å²) in [5.74, 6) is 0.707. The van der Waals surface area contributed by atoms with Crippen molar-refractivity contribution in [3.05, 3.63) is 28.8 Å². The molecule has 1 heterocycles. The molecule has 0 aromatic heterocycles. The smallest absolute Gasteiger partial charge is 0.254 e. The lowest BCUT2D eigenvalue weighted by Gasteiger charge is -2.31. The largest absolute Gasteiger partial charge is 0.507 e. The Hall–Kier alpha value is -1.55. The number of carbonyl (C=O) groups excluding carboxylic acids is 1. The van der Waals surface area contributed by atoms with E-state index in [4.69, 9.17) is 4.74 Å². The number of aromatic hydroxyl groups is 1. The average Bonchev–Trinajstić information content (AvgIpc) is 2.46. The minimum Gasteiger partial charge on any atom is -0.507 e. The fourth-order valence-electron chi connectivity index (χ4n) is 2.87. The van der Waals surface area contributed by atoms with Gasteiger partial charge in [-0.1, -0.05) is 27.7 Å². The van der Waals surface area contributed by atoms with Crippen LogP contribution in [0.15, 0.2) is 12.1 Å². The van der Waals surface area contributed by atoms with Crippen LogP contribution in [-0.4, -0.2) is 41.7 Å². The Balaban J connectivity index is 2.39. The maximum atomic E-state index is 12.8. The SMILES string of the molecule is CC(C)c1cc(C(=O)N2CCO[C@H](C)C2)cc(C(C)C)c1O. The topological polar surface area (TPSA) is 49.8 Å². The third-order valence-electron chi connectivity index (χ3n) is 4.19. The first-order valence-corrected chi connectivity index (χ1v) is 8.09. The Morgan fingerprint density at radius 1 is 1.23 bits per heavy atom. The number of rotatable bonds is 3. The molecule has 122 valence electrons. The lowest BCUT2D eigenvalue weighted by atomic mass is 9.91. The third kappa shape index (κ3) is 3.43. The van der Waals surface area contributed by atoms with Gasteiger partial charge in [-0.05, 0) is 42.0 Å². The molecule has 0 spiro atoms. The summed E-state index contributed by atoms with van der Waals surface area (Å²) in [4.78, 5) is 14.6. The van der Waals surface area contributed by atoms with Crippen molar-refractivity contribution in [2.24, 2.45) is 0 Å². The Morgan fingerprint density at radius 2 is 1.77 bits per heavy atom. The van der Waals surface area contributed by atoms with Crippen molar-refractivity contribution in [3.8, 4) is 5.75 Å². The highest BCUT2D eigenvalue weighted by Crippen LogP contribution is 2.35. The summed E-state index contributed by atoms with van der Waals surface area (Å²) in [7, 11) is 0. The molecule has 1 amide bonds. The second-order valence-electron chi connectivity index (χ2n) is 6.75. The normalized spacial score (nSPS) is 19.0. The fourth-order valence-corrected chi connectivity index (χ4v) is 2.87. The van der Waals surface area contributed by atoms with Crippen molar-refractivity contribution >= 4 is 5.91 Å². The number of hydrogen-bond acceptors (Lipinski definition) is 3. The molecule has 1 saturated heterocycles. The van der Waals surface area contributed by atoms with Crippen LogP contribution in [0.4, 0.5) is 0 Å². The number of phenols is 1. The van der Waals surface area contributed by atoms with E-state index in [2.05, 4.69) is 0 Å². The van der Waals surface area contributed by atoms with Crippen molar-refractivity contribution in [2.75, 3.05) is 19.7 Å². The quantitative estimate of drug-likeness (QED) is 0.930. The maximum absolute atomic E-state index is 12.8. The molecule has 22 heavy (non-hydrogen) atoms. The summed E-state index contributed by atoms with van der Waals surface area (Å²) in [6.07, 6.45) is 0.0731. The molecule has 4 heteroatoms. The summed E-state index contributed by atoms with van der Waals surface area (Å²) >= 11 is 0. The van der Waals surface area contributed by atoms with Crippen LogP contribution in [0.5, 0.6) is 5.75 Å². The van der Waals surface area contributed by atoms with E-state index in [-0.39, 0.29) is 23.8 Å². The number of benzene rings is 1. The zero-order valence-electron chi connectivity index (χ0n) is 14.2. The van der Waals surface area contributed by atoms with Gasteiger partial charge in [0.05, 0.1) is 12.7 Å². The van der Waals surface area contributed by atoms with E-state index in [1.54, 1.807) is 0 Å². The summed E-state index contributed by atoms with van der Waals surface area (Å²) in [5.41, 5.74) is 2.35. The van der Waals surface area contributed by atoms with Crippen LogP contribution in [-0.2, 0) is 4.74 Å². The third-order valence-corrected chi connectivity index (χ3v) is 4.19. The van der Waals surface area contributed by atoms with E-state index >= 15 is 0 Å². The highest BCUT2D eigenvalue weighted by molar-refractivity contribution is 5.95. The second-order valence-corrected chi connectivity index (χ2v) is 6.75. The highest BCUT2D eigenvalue weighted by atomic mass is 16.5. The van der Waals surface area contributed by atoms with Crippen molar-refractivity contribution in [3.63, 3.8) is 0 Å². The highest BCUT2D eigenvalue weighted by Gasteiger charge is 2.25. The van der Waals surface area contributed by atoms with E-state index in [1.165, 1.54) is 0 Å². The van der Waals surface area contributed by atoms with E-state index in [0.717, 1.165) is 11.1 Å². The van der Waals surface area contributed by atoms with Gasteiger partial charge in [0.15, 0.2) is 0 Å². The number of phenolic OH excluding ortho intramolecular Hbond substituents is 1. The first-order chi connectivity index (χ1) is 10.3. The van der Waals surface area contributed by atoms with Gasteiger partial charge in [0.25, 0.3) is 5.91 Å². The molecule has 1 fully saturated rings. The minimum absolute atomic E-state index is 0.0268. The van der Waals surface area contributed by atoms with E-state index in [0.29, 0.717) is 31.0 Å². The number of morpholine rings is 1.